The molecule has 0 N–H and O–H groups in total. The number of hydrogen-bond acceptors (Lipinski definition) is 7. The third-order valence-electron chi connectivity index (χ3n) is 9.27. The van der Waals surface area contributed by atoms with Crippen molar-refractivity contribution in [2.24, 2.45) is 5.92 Å². The van der Waals surface area contributed by atoms with Crippen LogP contribution in [0.2, 0.25) is 0 Å². The van der Waals surface area contributed by atoms with Crippen LogP contribution in [0.3, 0.4) is 0 Å². The average molecular weight is 656 g/mol. The summed E-state index contributed by atoms with van der Waals surface area (Å²) in [7, 11) is 0. The minimum Gasteiger partial charge on any atom is -0.457 e. The summed E-state index contributed by atoms with van der Waals surface area (Å²) < 4.78 is 35.0. The first-order valence-corrected chi connectivity index (χ1v) is 16.7. The number of amides is 2. The van der Waals surface area contributed by atoms with E-state index in [1.165, 1.54) is 4.68 Å². The van der Waals surface area contributed by atoms with E-state index in [2.05, 4.69) is 36.1 Å². The Morgan fingerprint density at radius 2 is 1.69 bits per heavy atom. The number of nitrogens with zero attached hydrogens (tertiary/aromatic N) is 7. The number of carbonyl (C=O) groups is 2. The van der Waals surface area contributed by atoms with Crippen LogP contribution in [0, 0.1) is 5.92 Å². The Morgan fingerprint density at radius 3 is 2.33 bits per heavy atom. The Balaban J connectivity index is 1.19. The van der Waals surface area contributed by atoms with Gasteiger partial charge in [0.2, 0.25) is 11.8 Å². The fourth-order valence-electron chi connectivity index (χ4n) is 6.56. The van der Waals surface area contributed by atoms with Crippen molar-refractivity contribution in [3.05, 3.63) is 71.7 Å². The van der Waals surface area contributed by atoms with Crippen LogP contribution in [-0.2, 0) is 22.7 Å². The summed E-state index contributed by atoms with van der Waals surface area (Å²) >= 11 is 0. The molecule has 1 unspecified atom stereocenters. The lowest BCUT2D eigenvalue weighted by Gasteiger charge is -2.19. The van der Waals surface area contributed by atoms with E-state index in [0.717, 1.165) is 35.4 Å². The lowest BCUT2D eigenvalue weighted by atomic mass is 10.1. The number of likely N-dealkylation sites (tertiary alicyclic amines) is 2. The molecular weight excluding hydrogens is 616 g/mol. The molecule has 250 valence electrons. The van der Waals surface area contributed by atoms with Gasteiger partial charge in [-0.1, -0.05) is 32.9 Å². The summed E-state index contributed by atoms with van der Waals surface area (Å²) in [6, 6.07) is 17.2. The molecule has 0 radical (unpaired) electrons. The summed E-state index contributed by atoms with van der Waals surface area (Å²) in [5, 5.41) is 13.2. The van der Waals surface area contributed by atoms with Gasteiger partial charge in [0.05, 0.1) is 11.4 Å². The largest absolute Gasteiger partial charge is 0.457 e. The van der Waals surface area contributed by atoms with Crippen LogP contribution in [0.1, 0.15) is 75.4 Å². The topological polar surface area (TPSA) is 106 Å². The predicted octanol–water partition coefficient (Wildman–Crippen LogP) is 6.43. The van der Waals surface area contributed by atoms with Gasteiger partial charge >= 0.3 is 0 Å². The third kappa shape index (κ3) is 6.79. The molecule has 1 aliphatic carbocycles. The lowest BCUT2D eigenvalue weighted by Crippen LogP contribution is -2.27. The van der Waals surface area contributed by atoms with Gasteiger partial charge in [-0.05, 0) is 67.1 Å². The van der Waals surface area contributed by atoms with Gasteiger partial charge in [0.15, 0.2) is 5.82 Å². The molecule has 2 aromatic heterocycles. The molecule has 7 rings (SSSR count). The number of carbonyl (C=O) groups excluding carboxylic acids is 2. The molecule has 3 fully saturated rings. The molecule has 4 heterocycles. The highest BCUT2D eigenvalue weighted by Gasteiger charge is 2.41. The Morgan fingerprint density at radius 1 is 0.917 bits per heavy atom. The molecule has 0 bridgehead atoms. The van der Waals surface area contributed by atoms with Crippen molar-refractivity contribution in [2.45, 2.75) is 83.8 Å². The van der Waals surface area contributed by atoms with Gasteiger partial charge in [0, 0.05) is 61.1 Å². The Hall–Kier alpha value is -4.74. The van der Waals surface area contributed by atoms with Crippen LogP contribution in [0.5, 0.6) is 11.5 Å². The van der Waals surface area contributed by atoms with E-state index in [0.29, 0.717) is 48.9 Å². The third-order valence-corrected chi connectivity index (χ3v) is 9.27. The zero-order chi connectivity index (χ0) is 33.5. The molecule has 10 nitrogen and oxygen atoms in total. The molecule has 1 saturated carbocycles. The van der Waals surface area contributed by atoms with Gasteiger partial charge in [0.1, 0.15) is 23.9 Å². The highest BCUT2D eigenvalue weighted by atomic mass is 19.3. The molecule has 0 spiro atoms. The number of benzene rings is 2. The standard InChI is InChI=1S/C36H39F2N7O3/c1-21(2)29-12-13-30(41-40-29)23-6-10-28(11-7-23)48-31-15-24(4-5-25(31)18-43-17-22(3)14-33(43)46)35-39-36(45(42-35)20-32(37)38)26-16-34(47)44(19-26)27-8-9-27/h4-7,10-13,15,21-22,26-27,32H,8-9,14,16-20H2,1-3H3/t22-,26?/m0/s1. The maximum absolute atomic E-state index is 13.7. The predicted molar refractivity (Wildman–Crippen MR) is 174 cm³/mol. The summed E-state index contributed by atoms with van der Waals surface area (Å²) in [6.07, 6.45) is 0.0714. The second kappa shape index (κ2) is 13.0. The van der Waals surface area contributed by atoms with E-state index in [9.17, 15) is 18.4 Å². The normalized spacial score (nSPS) is 19.7. The van der Waals surface area contributed by atoms with Crippen molar-refractivity contribution in [3.63, 3.8) is 0 Å². The van der Waals surface area contributed by atoms with Crippen LogP contribution in [-0.4, -0.2) is 72.1 Å². The molecule has 2 aliphatic heterocycles. The fourth-order valence-corrected chi connectivity index (χ4v) is 6.56. The van der Waals surface area contributed by atoms with Gasteiger partial charge < -0.3 is 14.5 Å². The molecule has 2 amide bonds. The quantitative estimate of drug-likeness (QED) is 0.183. The second-order valence-electron chi connectivity index (χ2n) is 13.6. The van der Waals surface area contributed by atoms with Crippen molar-refractivity contribution in [1.82, 2.24) is 34.8 Å². The zero-order valence-corrected chi connectivity index (χ0v) is 27.4. The van der Waals surface area contributed by atoms with Gasteiger partial charge in [-0.3, -0.25) is 9.59 Å². The molecular formula is C36H39F2N7O3. The minimum atomic E-state index is -2.63. The van der Waals surface area contributed by atoms with Crippen molar-refractivity contribution in [1.29, 1.82) is 0 Å². The van der Waals surface area contributed by atoms with E-state index < -0.39 is 13.0 Å². The van der Waals surface area contributed by atoms with Gasteiger partial charge in [-0.25, -0.2) is 18.4 Å². The number of hydrogen-bond donors (Lipinski definition) is 0. The molecule has 2 atom stereocenters. The number of rotatable bonds is 11. The molecule has 4 aromatic rings. The monoisotopic (exact) mass is 655 g/mol. The first-order chi connectivity index (χ1) is 23.1. The fraction of sp³-hybridized carbons (Fsp3) is 0.444. The molecule has 2 aromatic carbocycles. The van der Waals surface area contributed by atoms with E-state index >= 15 is 0 Å². The zero-order valence-electron chi connectivity index (χ0n) is 27.4. The molecule has 48 heavy (non-hydrogen) atoms. The summed E-state index contributed by atoms with van der Waals surface area (Å²) in [4.78, 5) is 33.8. The summed E-state index contributed by atoms with van der Waals surface area (Å²) in [5.41, 5.74) is 3.96. The van der Waals surface area contributed by atoms with Crippen LogP contribution < -0.4 is 4.74 Å². The van der Waals surface area contributed by atoms with Crippen LogP contribution in [0.4, 0.5) is 8.78 Å². The van der Waals surface area contributed by atoms with E-state index in [-0.39, 0.29) is 47.9 Å². The van der Waals surface area contributed by atoms with Gasteiger partial charge in [-0.2, -0.15) is 15.3 Å². The Labute approximate surface area is 278 Å². The van der Waals surface area contributed by atoms with Crippen molar-refractivity contribution >= 4 is 11.8 Å². The number of halogens is 2. The second-order valence-corrected chi connectivity index (χ2v) is 13.6. The van der Waals surface area contributed by atoms with Gasteiger partial charge in [0.25, 0.3) is 6.43 Å². The van der Waals surface area contributed by atoms with E-state index in [1.54, 1.807) is 6.07 Å². The highest BCUT2D eigenvalue weighted by Crippen LogP contribution is 2.38. The highest BCUT2D eigenvalue weighted by molar-refractivity contribution is 5.80. The van der Waals surface area contributed by atoms with Crippen LogP contribution in [0.25, 0.3) is 22.6 Å². The lowest BCUT2D eigenvalue weighted by molar-refractivity contribution is -0.129. The molecule has 2 saturated heterocycles. The summed E-state index contributed by atoms with van der Waals surface area (Å²) in [6.45, 7) is 7.09. The first-order valence-electron chi connectivity index (χ1n) is 16.7. The maximum atomic E-state index is 13.7. The first kappa shape index (κ1) is 31.8. The van der Waals surface area contributed by atoms with Crippen molar-refractivity contribution in [2.75, 3.05) is 13.1 Å². The Kier molecular flexibility index (Phi) is 8.65. The minimum absolute atomic E-state index is 0.0344. The van der Waals surface area contributed by atoms with Crippen LogP contribution >= 0.6 is 0 Å². The summed E-state index contributed by atoms with van der Waals surface area (Å²) in [5.74, 6) is 2.14. The molecule has 12 heteroatoms. The van der Waals surface area contributed by atoms with Crippen molar-refractivity contribution in [3.8, 4) is 34.1 Å². The Bertz CT molecular complexity index is 1810. The van der Waals surface area contributed by atoms with Gasteiger partial charge in [-0.15, -0.1) is 0 Å². The number of aromatic nitrogens is 5. The van der Waals surface area contributed by atoms with Crippen LogP contribution in [0.15, 0.2) is 54.6 Å². The molecule has 3 aliphatic rings. The maximum Gasteiger partial charge on any atom is 0.257 e. The number of ether oxygens (including phenoxy) is 1. The number of alkyl halides is 2. The van der Waals surface area contributed by atoms with Crippen molar-refractivity contribution < 1.29 is 23.1 Å². The van der Waals surface area contributed by atoms with E-state index in [4.69, 9.17) is 9.72 Å². The smallest absolute Gasteiger partial charge is 0.257 e. The average Bonchev–Trinajstić information content (AvgIpc) is 3.58. The van der Waals surface area contributed by atoms with E-state index in [1.807, 2.05) is 58.3 Å². The SMILES string of the molecule is CC(C)c1ccc(-c2ccc(Oc3cc(-c4nc(C5CC(=O)N(C6CC6)C5)n(CC(F)F)n4)ccc3CN3C[C@@H](C)CC3=O)cc2)nn1.